The molecule has 0 aliphatic rings. The Labute approximate surface area is 89.2 Å². The van der Waals surface area contributed by atoms with Crippen LogP contribution in [0.15, 0.2) is 10.5 Å². The number of nitrogens with zero attached hydrogens (tertiary/aromatic N) is 4. The van der Waals surface area contributed by atoms with Gasteiger partial charge in [-0.1, -0.05) is 11.0 Å². The predicted octanol–water partition coefficient (Wildman–Crippen LogP) is 1.89. The first-order valence-corrected chi connectivity index (χ1v) is 4.80. The zero-order valence-corrected chi connectivity index (χ0v) is 8.36. The molecule has 15 heavy (non-hydrogen) atoms. The monoisotopic (exact) mass is 222 g/mol. The quantitative estimate of drug-likeness (QED) is 0.278. The minimum Gasteiger partial charge on any atom is -0.476 e. The van der Waals surface area contributed by atoms with Gasteiger partial charge in [-0.3, -0.25) is 0 Å². The van der Waals surface area contributed by atoms with Crippen molar-refractivity contribution in [1.29, 1.82) is 0 Å². The molecule has 6 nitrogen and oxygen atoms in total. The van der Waals surface area contributed by atoms with Crippen LogP contribution in [-0.2, 0) is 0 Å². The van der Waals surface area contributed by atoms with E-state index >= 15 is 0 Å². The minimum absolute atomic E-state index is 0.0225. The maximum Gasteiger partial charge on any atom is 0.365 e. The molecule has 0 saturated heterocycles. The SMILES string of the molecule is [N-]=[N+]=NCCC#Cc1csc(C(=O)O)n1. The van der Waals surface area contributed by atoms with Gasteiger partial charge in [0.2, 0.25) is 5.01 Å². The Kier molecular flexibility index (Phi) is 4.16. The van der Waals surface area contributed by atoms with Gasteiger partial charge in [0, 0.05) is 23.3 Å². The molecular formula is C8H6N4O2S. The van der Waals surface area contributed by atoms with Crippen LogP contribution >= 0.6 is 11.3 Å². The van der Waals surface area contributed by atoms with Crippen molar-refractivity contribution in [3.05, 3.63) is 26.5 Å². The summed E-state index contributed by atoms with van der Waals surface area (Å²) in [5, 5.41) is 13.5. The summed E-state index contributed by atoms with van der Waals surface area (Å²) in [4.78, 5) is 16.8. The van der Waals surface area contributed by atoms with E-state index in [1.54, 1.807) is 5.38 Å². The highest BCUT2D eigenvalue weighted by atomic mass is 32.1. The molecule has 0 aliphatic heterocycles. The molecule has 1 rings (SSSR count). The molecule has 1 heterocycles. The standard InChI is InChI=1S/C8H6N4O2S/c9-12-10-4-2-1-3-6-5-15-7(11-6)8(13)14/h5H,2,4H2,(H,13,14). The van der Waals surface area contributed by atoms with Crippen LogP contribution in [0.4, 0.5) is 0 Å². The lowest BCUT2D eigenvalue weighted by Gasteiger charge is -1.80. The maximum atomic E-state index is 10.5. The van der Waals surface area contributed by atoms with Gasteiger partial charge < -0.3 is 5.11 Å². The van der Waals surface area contributed by atoms with Crippen LogP contribution < -0.4 is 0 Å². The Morgan fingerprint density at radius 1 is 1.80 bits per heavy atom. The van der Waals surface area contributed by atoms with Crippen molar-refractivity contribution >= 4 is 17.3 Å². The van der Waals surface area contributed by atoms with E-state index in [9.17, 15) is 4.79 Å². The highest BCUT2D eigenvalue weighted by Crippen LogP contribution is 2.08. The Hall–Kier alpha value is -2.03. The normalized spacial score (nSPS) is 8.53. The number of thiazole rings is 1. The van der Waals surface area contributed by atoms with E-state index in [-0.39, 0.29) is 5.01 Å². The molecular weight excluding hydrogens is 216 g/mol. The van der Waals surface area contributed by atoms with E-state index in [2.05, 4.69) is 26.9 Å². The van der Waals surface area contributed by atoms with Crippen molar-refractivity contribution in [2.45, 2.75) is 6.42 Å². The van der Waals surface area contributed by atoms with Gasteiger partial charge in [0.1, 0.15) is 5.69 Å². The van der Waals surface area contributed by atoms with E-state index in [0.29, 0.717) is 18.7 Å². The Morgan fingerprint density at radius 2 is 2.60 bits per heavy atom. The zero-order valence-electron chi connectivity index (χ0n) is 7.54. The molecule has 0 saturated carbocycles. The first kappa shape index (κ1) is 11.0. The van der Waals surface area contributed by atoms with Crippen LogP contribution in [0.5, 0.6) is 0 Å². The Morgan fingerprint density at radius 3 is 3.20 bits per heavy atom. The van der Waals surface area contributed by atoms with E-state index < -0.39 is 5.97 Å². The molecule has 0 amide bonds. The van der Waals surface area contributed by atoms with Gasteiger partial charge in [-0.05, 0) is 11.5 Å². The lowest BCUT2D eigenvalue weighted by Crippen LogP contribution is -1.94. The third-order valence-corrected chi connectivity index (χ3v) is 2.13. The molecule has 76 valence electrons. The smallest absolute Gasteiger partial charge is 0.365 e. The number of aromatic nitrogens is 1. The fraction of sp³-hybridized carbons (Fsp3) is 0.250. The lowest BCUT2D eigenvalue weighted by atomic mass is 10.4. The second kappa shape index (κ2) is 5.65. The number of carbonyl (C=O) groups is 1. The summed E-state index contributed by atoms with van der Waals surface area (Å²) in [5.41, 5.74) is 8.41. The molecule has 0 radical (unpaired) electrons. The molecule has 0 bridgehead atoms. The molecule has 0 unspecified atom stereocenters. The number of hydrogen-bond donors (Lipinski definition) is 1. The fourth-order valence-corrected chi connectivity index (χ4v) is 1.32. The topological polar surface area (TPSA) is 99.0 Å². The molecule has 0 atom stereocenters. The zero-order chi connectivity index (χ0) is 11.1. The van der Waals surface area contributed by atoms with Gasteiger partial charge in [-0.15, -0.1) is 11.3 Å². The summed E-state index contributed by atoms with van der Waals surface area (Å²) in [6.07, 6.45) is 0.435. The lowest BCUT2D eigenvalue weighted by molar-refractivity contribution is 0.0696. The first-order chi connectivity index (χ1) is 7.24. The number of rotatable bonds is 3. The molecule has 1 aromatic rings. The van der Waals surface area contributed by atoms with Gasteiger partial charge in [0.25, 0.3) is 0 Å². The van der Waals surface area contributed by atoms with Crippen LogP contribution in [0.3, 0.4) is 0 Å². The van der Waals surface area contributed by atoms with Crippen molar-refractivity contribution in [1.82, 2.24) is 4.98 Å². The number of carboxylic acid groups (broad SMARTS) is 1. The molecule has 0 aliphatic carbocycles. The van der Waals surface area contributed by atoms with Crippen molar-refractivity contribution in [2.24, 2.45) is 5.11 Å². The predicted molar refractivity (Wildman–Crippen MR) is 54.6 cm³/mol. The Balaban J connectivity index is 2.56. The summed E-state index contributed by atoms with van der Waals surface area (Å²) >= 11 is 1.03. The summed E-state index contributed by atoms with van der Waals surface area (Å²) in [5.74, 6) is 4.35. The molecule has 1 N–H and O–H groups in total. The second-order valence-corrected chi connectivity index (χ2v) is 3.21. The minimum atomic E-state index is -1.05. The van der Waals surface area contributed by atoms with Crippen LogP contribution in [0.25, 0.3) is 10.4 Å². The van der Waals surface area contributed by atoms with Crippen LogP contribution in [0.2, 0.25) is 0 Å². The number of carboxylic acids is 1. The van der Waals surface area contributed by atoms with E-state index in [0.717, 1.165) is 11.3 Å². The van der Waals surface area contributed by atoms with Gasteiger partial charge >= 0.3 is 5.97 Å². The largest absolute Gasteiger partial charge is 0.476 e. The number of hydrogen-bond acceptors (Lipinski definition) is 4. The number of azide groups is 1. The average Bonchev–Trinajstić information content (AvgIpc) is 2.66. The summed E-state index contributed by atoms with van der Waals surface area (Å²) < 4.78 is 0. The summed E-state index contributed by atoms with van der Waals surface area (Å²) in [7, 11) is 0. The van der Waals surface area contributed by atoms with Gasteiger partial charge in [0.05, 0.1) is 0 Å². The number of aromatic carboxylic acids is 1. The third-order valence-electron chi connectivity index (χ3n) is 1.30. The second-order valence-electron chi connectivity index (χ2n) is 2.35. The first-order valence-electron chi connectivity index (χ1n) is 3.92. The summed E-state index contributed by atoms with van der Waals surface area (Å²) in [6, 6.07) is 0. The van der Waals surface area contributed by atoms with Gasteiger partial charge in [-0.25, -0.2) is 9.78 Å². The maximum absolute atomic E-state index is 10.5. The molecule has 0 spiro atoms. The highest BCUT2D eigenvalue weighted by molar-refractivity contribution is 7.11. The van der Waals surface area contributed by atoms with E-state index in [1.165, 1.54) is 0 Å². The van der Waals surface area contributed by atoms with Gasteiger partial charge in [-0.2, -0.15) is 0 Å². The molecule has 1 aromatic heterocycles. The highest BCUT2D eigenvalue weighted by Gasteiger charge is 2.06. The van der Waals surface area contributed by atoms with Crippen molar-refractivity contribution in [2.75, 3.05) is 6.54 Å². The Bertz CT molecular complexity index is 464. The van der Waals surface area contributed by atoms with E-state index in [1.807, 2.05) is 0 Å². The fourth-order valence-electron chi connectivity index (χ4n) is 0.733. The van der Waals surface area contributed by atoms with Crippen molar-refractivity contribution < 1.29 is 9.90 Å². The van der Waals surface area contributed by atoms with Crippen molar-refractivity contribution in [3.8, 4) is 11.8 Å². The average molecular weight is 222 g/mol. The third kappa shape index (κ3) is 3.68. The molecule has 0 fully saturated rings. The van der Waals surface area contributed by atoms with Crippen molar-refractivity contribution in [3.63, 3.8) is 0 Å². The summed E-state index contributed by atoms with van der Waals surface area (Å²) in [6.45, 7) is 0.305. The molecule has 0 aromatic carbocycles. The molecule has 7 heteroatoms. The van der Waals surface area contributed by atoms with Crippen LogP contribution in [-0.4, -0.2) is 22.6 Å². The van der Waals surface area contributed by atoms with Crippen LogP contribution in [0, 0.1) is 11.8 Å². The van der Waals surface area contributed by atoms with E-state index in [4.69, 9.17) is 10.6 Å². The van der Waals surface area contributed by atoms with Crippen LogP contribution in [0.1, 0.15) is 21.9 Å². The van der Waals surface area contributed by atoms with Gasteiger partial charge in [0.15, 0.2) is 0 Å².